The summed E-state index contributed by atoms with van der Waals surface area (Å²) in [6.07, 6.45) is 4.13. The van der Waals surface area contributed by atoms with Crippen LogP contribution in [0.5, 0.6) is 0 Å². The van der Waals surface area contributed by atoms with Gasteiger partial charge in [0.15, 0.2) is 0 Å². The minimum atomic E-state index is 0.953. The van der Waals surface area contributed by atoms with E-state index in [2.05, 4.69) is 150 Å². The third kappa shape index (κ3) is 4.30. The highest BCUT2D eigenvalue weighted by molar-refractivity contribution is 6.21. The highest BCUT2D eigenvalue weighted by Gasteiger charge is 2.17. The van der Waals surface area contributed by atoms with E-state index >= 15 is 0 Å². The lowest BCUT2D eigenvalue weighted by atomic mass is 9.85. The SMILES string of the molecule is c1ccc2cc(-c3ccc(-c4c5ccccc5c(-c5ccc(-c6cn7ccccc7n6)cc5)c5ccccc45)cc3)ccc2c1. The number of rotatable bonds is 4. The van der Waals surface area contributed by atoms with E-state index in [-0.39, 0.29) is 0 Å². The van der Waals surface area contributed by atoms with Gasteiger partial charge >= 0.3 is 0 Å². The number of nitrogens with zero attached hydrogens (tertiary/aromatic N) is 2. The molecule has 2 nitrogen and oxygen atoms in total. The molecule has 0 aliphatic carbocycles. The maximum atomic E-state index is 4.83. The second-order valence-corrected chi connectivity index (χ2v) is 11.7. The van der Waals surface area contributed by atoms with Crippen molar-refractivity contribution in [1.82, 2.24) is 9.38 Å². The molecule has 9 aromatic rings. The summed E-state index contributed by atoms with van der Waals surface area (Å²) < 4.78 is 2.07. The molecule has 0 atom stereocenters. The van der Waals surface area contributed by atoms with Crippen LogP contribution < -0.4 is 0 Å². The normalized spacial score (nSPS) is 11.6. The van der Waals surface area contributed by atoms with Crippen molar-refractivity contribution in [3.05, 3.63) is 170 Å². The minimum absolute atomic E-state index is 0.953. The number of fused-ring (bicyclic) bond motifs is 4. The van der Waals surface area contributed by atoms with Crippen LogP contribution in [0, 0.1) is 0 Å². The summed E-state index contributed by atoms with van der Waals surface area (Å²) in [5.41, 5.74) is 10.5. The fraction of sp³-hybridized carbons (Fsp3) is 0. The molecular weight excluding hydrogens is 544 g/mol. The monoisotopic (exact) mass is 572 g/mol. The van der Waals surface area contributed by atoms with Crippen molar-refractivity contribution in [2.75, 3.05) is 0 Å². The summed E-state index contributed by atoms with van der Waals surface area (Å²) in [5.74, 6) is 0. The molecule has 2 heterocycles. The van der Waals surface area contributed by atoms with Crippen LogP contribution >= 0.6 is 0 Å². The second-order valence-electron chi connectivity index (χ2n) is 11.7. The van der Waals surface area contributed by atoms with Crippen molar-refractivity contribution >= 4 is 38.0 Å². The summed E-state index contributed by atoms with van der Waals surface area (Å²) >= 11 is 0. The Balaban J connectivity index is 1.17. The summed E-state index contributed by atoms with van der Waals surface area (Å²) in [7, 11) is 0. The van der Waals surface area contributed by atoms with Crippen LogP contribution in [-0.2, 0) is 0 Å². The predicted molar refractivity (Wildman–Crippen MR) is 189 cm³/mol. The fourth-order valence-corrected chi connectivity index (χ4v) is 6.83. The predicted octanol–water partition coefficient (Wildman–Crippen LogP) is 11.5. The van der Waals surface area contributed by atoms with Gasteiger partial charge in [-0.1, -0.05) is 140 Å². The maximum absolute atomic E-state index is 4.83. The van der Waals surface area contributed by atoms with E-state index in [4.69, 9.17) is 4.98 Å². The van der Waals surface area contributed by atoms with Crippen LogP contribution in [0.1, 0.15) is 0 Å². The van der Waals surface area contributed by atoms with Gasteiger partial charge in [0.2, 0.25) is 0 Å². The Morgan fingerprint density at radius 3 is 1.47 bits per heavy atom. The molecule has 2 aromatic heterocycles. The van der Waals surface area contributed by atoms with Crippen LogP contribution in [-0.4, -0.2) is 9.38 Å². The summed E-state index contributed by atoms with van der Waals surface area (Å²) in [6, 6.07) is 57.0. The molecule has 2 heteroatoms. The first-order valence-electron chi connectivity index (χ1n) is 15.4. The van der Waals surface area contributed by atoms with Gasteiger partial charge in [-0.25, -0.2) is 4.98 Å². The van der Waals surface area contributed by atoms with Gasteiger partial charge in [0.25, 0.3) is 0 Å². The first-order valence-corrected chi connectivity index (χ1v) is 15.4. The van der Waals surface area contributed by atoms with Gasteiger partial charge in [-0.2, -0.15) is 0 Å². The number of hydrogen-bond donors (Lipinski definition) is 0. The number of hydrogen-bond acceptors (Lipinski definition) is 1. The average Bonchev–Trinajstić information content (AvgIpc) is 3.55. The summed E-state index contributed by atoms with van der Waals surface area (Å²) in [6.45, 7) is 0. The molecule has 0 bridgehead atoms. The van der Waals surface area contributed by atoms with Crippen molar-refractivity contribution in [3.63, 3.8) is 0 Å². The molecule has 210 valence electrons. The average molecular weight is 573 g/mol. The van der Waals surface area contributed by atoms with Gasteiger partial charge < -0.3 is 4.40 Å². The van der Waals surface area contributed by atoms with E-state index in [0.717, 1.165) is 16.9 Å². The van der Waals surface area contributed by atoms with Crippen molar-refractivity contribution in [2.24, 2.45) is 0 Å². The molecule has 0 fully saturated rings. The Bertz CT molecular complexity index is 2430. The molecule has 0 aliphatic heterocycles. The van der Waals surface area contributed by atoms with Crippen LogP contribution in [0.4, 0.5) is 0 Å². The van der Waals surface area contributed by atoms with Crippen molar-refractivity contribution < 1.29 is 0 Å². The zero-order valence-electron chi connectivity index (χ0n) is 24.6. The molecule has 45 heavy (non-hydrogen) atoms. The van der Waals surface area contributed by atoms with Crippen LogP contribution in [0.25, 0.3) is 82.6 Å². The van der Waals surface area contributed by atoms with Crippen LogP contribution in [0.2, 0.25) is 0 Å². The van der Waals surface area contributed by atoms with Gasteiger partial charge in [-0.15, -0.1) is 0 Å². The van der Waals surface area contributed by atoms with Crippen LogP contribution in [0.3, 0.4) is 0 Å². The second kappa shape index (κ2) is 10.3. The van der Waals surface area contributed by atoms with E-state index < -0.39 is 0 Å². The Kier molecular flexibility index (Phi) is 5.85. The molecule has 0 spiro atoms. The van der Waals surface area contributed by atoms with E-state index in [1.165, 1.54) is 65.7 Å². The Hall–Kier alpha value is -5.99. The van der Waals surface area contributed by atoms with E-state index in [0.29, 0.717) is 0 Å². The van der Waals surface area contributed by atoms with Gasteiger partial charge in [0, 0.05) is 18.0 Å². The third-order valence-corrected chi connectivity index (χ3v) is 9.02. The van der Waals surface area contributed by atoms with Gasteiger partial charge in [-0.05, 0) is 83.9 Å². The number of pyridine rings is 1. The Morgan fingerprint density at radius 1 is 0.378 bits per heavy atom. The quantitative estimate of drug-likeness (QED) is 0.192. The lowest BCUT2D eigenvalue weighted by Gasteiger charge is -2.18. The first kappa shape index (κ1) is 25.5. The first-order chi connectivity index (χ1) is 22.3. The highest BCUT2D eigenvalue weighted by atomic mass is 15.0. The molecule has 0 saturated carbocycles. The Morgan fingerprint density at radius 2 is 0.867 bits per heavy atom. The lowest BCUT2D eigenvalue weighted by molar-refractivity contribution is 1.19. The minimum Gasteiger partial charge on any atom is -0.306 e. The van der Waals surface area contributed by atoms with Gasteiger partial charge in [0.05, 0.1) is 5.69 Å². The topological polar surface area (TPSA) is 17.3 Å². The molecule has 0 saturated heterocycles. The molecule has 0 aliphatic rings. The highest BCUT2D eigenvalue weighted by Crippen LogP contribution is 2.44. The molecule has 0 radical (unpaired) electrons. The van der Waals surface area contributed by atoms with Crippen molar-refractivity contribution in [2.45, 2.75) is 0 Å². The zero-order valence-corrected chi connectivity index (χ0v) is 24.6. The Labute approximate surface area is 261 Å². The molecule has 0 N–H and O–H groups in total. The molecule has 7 aromatic carbocycles. The number of aromatic nitrogens is 2. The summed E-state index contributed by atoms with van der Waals surface area (Å²) in [4.78, 5) is 4.83. The number of imidazole rings is 1. The maximum Gasteiger partial charge on any atom is 0.137 e. The van der Waals surface area contributed by atoms with Gasteiger partial charge in [0.1, 0.15) is 5.65 Å². The standard InChI is InChI=1S/C43H28N2/c1-2-10-34-27-35(25-18-29(34)9-1)30-16-21-32(22-17-30)42-36-11-3-5-13-38(36)43(39-14-6-4-12-37(39)42)33-23-19-31(20-24-33)40-28-45-26-8-7-15-41(45)44-40/h1-28H. The van der Waals surface area contributed by atoms with Crippen LogP contribution in [0.15, 0.2) is 170 Å². The molecule has 9 rings (SSSR count). The smallest absolute Gasteiger partial charge is 0.137 e. The van der Waals surface area contributed by atoms with E-state index in [1.807, 2.05) is 24.4 Å². The van der Waals surface area contributed by atoms with Crippen molar-refractivity contribution in [1.29, 1.82) is 0 Å². The van der Waals surface area contributed by atoms with Crippen molar-refractivity contribution in [3.8, 4) is 44.6 Å². The molecular formula is C43H28N2. The fourth-order valence-electron chi connectivity index (χ4n) is 6.83. The van der Waals surface area contributed by atoms with E-state index in [1.54, 1.807) is 0 Å². The number of benzene rings is 7. The summed E-state index contributed by atoms with van der Waals surface area (Å²) in [5, 5.41) is 7.55. The largest absolute Gasteiger partial charge is 0.306 e. The lowest BCUT2D eigenvalue weighted by Crippen LogP contribution is -1.91. The molecule has 0 unspecified atom stereocenters. The van der Waals surface area contributed by atoms with Gasteiger partial charge in [-0.3, -0.25) is 0 Å². The third-order valence-electron chi connectivity index (χ3n) is 9.02. The molecule has 0 amide bonds. The zero-order chi connectivity index (χ0) is 29.7. The van der Waals surface area contributed by atoms with E-state index in [9.17, 15) is 0 Å².